The Hall–Kier alpha value is -2.64. The van der Waals surface area contributed by atoms with Gasteiger partial charge in [-0.15, -0.1) is 0 Å². The molecule has 8 heteroatoms. The van der Waals surface area contributed by atoms with Gasteiger partial charge in [-0.25, -0.2) is 9.80 Å². The minimum atomic E-state index is -0.109. The van der Waals surface area contributed by atoms with E-state index < -0.39 is 0 Å². The Bertz CT molecular complexity index is 961. The van der Waals surface area contributed by atoms with Gasteiger partial charge in [0.2, 0.25) is 5.75 Å². The smallest absolute Gasteiger partial charge is 0.336 e. The fraction of sp³-hybridized carbons (Fsp3) is 0.519. The van der Waals surface area contributed by atoms with Gasteiger partial charge in [-0.05, 0) is 55.7 Å². The van der Waals surface area contributed by atoms with Crippen molar-refractivity contribution in [3.63, 3.8) is 0 Å². The van der Waals surface area contributed by atoms with Crippen molar-refractivity contribution in [3.8, 4) is 17.2 Å². The molecule has 35 heavy (non-hydrogen) atoms. The van der Waals surface area contributed by atoms with Gasteiger partial charge in [0.05, 0.1) is 33.1 Å². The first kappa shape index (κ1) is 25.5. The molecule has 0 bridgehead atoms. The highest BCUT2D eigenvalue weighted by molar-refractivity contribution is 6.30. The van der Waals surface area contributed by atoms with Crippen molar-refractivity contribution in [2.75, 3.05) is 39.7 Å². The number of carbonyl (C=O) groups excluding carboxylic acids is 1. The van der Waals surface area contributed by atoms with E-state index in [1.807, 2.05) is 17.1 Å². The van der Waals surface area contributed by atoms with Crippen LogP contribution in [0, 0.1) is 5.92 Å². The first-order valence-corrected chi connectivity index (χ1v) is 12.8. The maximum absolute atomic E-state index is 13.6. The third-order valence-corrected chi connectivity index (χ3v) is 7.38. The molecular formula is C27H36ClN3O4. The second-order valence-electron chi connectivity index (χ2n) is 9.35. The maximum Gasteiger partial charge on any atom is 0.336 e. The minimum absolute atomic E-state index is 0.109. The van der Waals surface area contributed by atoms with Gasteiger partial charge in [-0.1, -0.05) is 36.6 Å². The van der Waals surface area contributed by atoms with Crippen molar-refractivity contribution in [2.24, 2.45) is 5.92 Å². The Kier molecular flexibility index (Phi) is 8.63. The van der Waals surface area contributed by atoms with E-state index in [1.165, 1.54) is 5.56 Å². The molecule has 190 valence electrons. The summed E-state index contributed by atoms with van der Waals surface area (Å²) < 4.78 is 16.3. The van der Waals surface area contributed by atoms with Gasteiger partial charge < -0.3 is 19.5 Å². The van der Waals surface area contributed by atoms with Crippen LogP contribution in [0.2, 0.25) is 5.02 Å². The molecule has 0 atom stereocenters. The van der Waals surface area contributed by atoms with Gasteiger partial charge in [-0.3, -0.25) is 5.01 Å². The number of nitrogens with zero attached hydrogens (tertiary/aromatic N) is 2. The molecule has 0 radical (unpaired) electrons. The zero-order chi connectivity index (χ0) is 24.8. The lowest BCUT2D eigenvalue weighted by molar-refractivity contribution is -0.0359. The number of rotatable bonds is 8. The molecule has 1 N–H and O–H groups in total. The molecule has 1 aliphatic carbocycles. The highest BCUT2D eigenvalue weighted by Crippen LogP contribution is 2.40. The Morgan fingerprint density at radius 1 is 0.971 bits per heavy atom. The third kappa shape index (κ3) is 6.14. The van der Waals surface area contributed by atoms with E-state index in [0.29, 0.717) is 28.9 Å². The molecule has 1 saturated carbocycles. The summed E-state index contributed by atoms with van der Waals surface area (Å²) >= 11 is 6.04. The number of urea groups is 1. The second kappa shape index (κ2) is 11.9. The molecule has 1 aliphatic heterocycles. The Labute approximate surface area is 213 Å². The van der Waals surface area contributed by atoms with E-state index in [4.69, 9.17) is 25.8 Å². The number of hydrogen-bond acceptors (Lipinski definition) is 5. The number of hydrazine groups is 1. The maximum atomic E-state index is 13.6. The lowest BCUT2D eigenvalue weighted by atomic mass is 9.90. The van der Waals surface area contributed by atoms with E-state index in [9.17, 15) is 4.79 Å². The first-order chi connectivity index (χ1) is 17.0. The Balaban J connectivity index is 1.45. The van der Waals surface area contributed by atoms with Crippen LogP contribution in [-0.4, -0.2) is 56.5 Å². The number of piperidine rings is 1. The van der Waals surface area contributed by atoms with Crippen LogP contribution < -0.4 is 19.5 Å². The molecule has 0 spiro atoms. The van der Waals surface area contributed by atoms with Crippen LogP contribution in [0.1, 0.15) is 44.1 Å². The monoisotopic (exact) mass is 501 g/mol. The van der Waals surface area contributed by atoms with Crippen LogP contribution in [0.25, 0.3) is 0 Å². The standard InChI is InChI=1S/C27H36ClN3O4/c1-33-24-17-22(18-25(34-2)26(24)35-3)29-27(32)31(23-6-4-5-7-23)30-14-12-20(13-15-30)16-19-8-10-21(28)11-9-19/h8-11,17-18,20,23H,4-7,12-16H2,1-3H3,(H,29,32). The Morgan fingerprint density at radius 3 is 2.11 bits per heavy atom. The number of nitrogens with one attached hydrogen (secondary N) is 1. The van der Waals surface area contributed by atoms with Gasteiger partial charge in [-0.2, -0.15) is 0 Å². The summed E-state index contributed by atoms with van der Waals surface area (Å²) in [5, 5.41) is 8.10. The molecule has 1 saturated heterocycles. The highest BCUT2D eigenvalue weighted by Gasteiger charge is 2.34. The molecular weight excluding hydrogens is 466 g/mol. The molecule has 2 amide bonds. The summed E-state index contributed by atoms with van der Waals surface area (Å²) in [6, 6.07) is 11.8. The molecule has 0 aromatic heterocycles. The summed E-state index contributed by atoms with van der Waals surface area (Å²) in [4.78, 5) is 13.6. The van der Waals surface area contributed by atoms with E-state index in [2.05, 4.69) is 22.5 Å². The summed E-state index contributed by atoms with van der Waals surface area (Å²) in [5.41, 5.74) is 1.94. The lowest BCUT2D eigenvalue weighted by Crippen LogP contribution is -2.55. The van der Waals surface area contributed by atoms with Gasteiger partial charge in [0.1, 0.15) is 0 Å². The van der Waals surface area contributed by atoms with Crippen molar-refractivity contribution in [2.45, 2.75) is 51.0 Å². The van der Waals surface area contributed by atoms with Crippen LogP contribution in [-0.2, 0) is 6.42 Å². The van der Waals surface area contributed by atoms with Crippen LogP contribution in [0.15, 0.2) is 36.4 Å². The van der Waals surface area contributed by atoms with Crippen molar-refractivity contribution in [1.29, 1.82) is 0 Å². The highest BCUT2D eigenvalue weighted by atomic mass is 35.5. The van der Waals surface area contributed by atoms with Crippen LogP contribution in [0.3, 0.4) is 0 Å². The first-order valence-electron chi connectivity index (χ1n) is 12.4. The topological polar surface area (TPSA) is 63.3 Å². The van der Waals surface area contributed by atoms with Crippen molar-refractivity contribution in [3.05, 3.63) is 47.0 Å². The minimum Gasteiger partial charge on any atom is -0.493 e. The van der Waals surface area contributed by atoms with Gasteiger partial charge in [0.15, 0.2) is 11.5 Å². The number of hydrogen-bond donors (Lipinski definition) is 1. The molecule has 4 rings (SSSR count). The molecule has 2 aromatic rings. The molecule has 0 unspecified atom stereocenters. The van der Waals surface area contributed by atoms with E-state index in [1.54, 1.807) is 33.5 Å². The lowest BCUT2D eigenvalue weighted by Gasteiger charge is -2.42. The average molecular weight is 502 g/mol. The van der Waals surface area contributed by atoms with Crippen LogP contribution in [0.5, 0.6) is 17.2 Å². The van der Waals surface area contributed by atoms with Gasteiger partial charge >= 0.3 is 6.03 Å². The van der Waals surface area contributed by atoms with Crippen LogP contribution >= 0.6 is 11.6 Å². The predicted molar refractivity (Wildman–Crippen MR) is 139 cm³/mol. The predicted octanol–water partition coefficient (Wildman–Crippen LogP) is 6.01. The van der Waals surface area contributed by atoms with Gasteiger partial charge in [0.25, 0.3) is 0 Å². The fourth-order valence-electron chi connectivity index (χ4n) is 5.30. The van der Waals surface area contributed by atoms with E-state index in [0.717, 1.165) is 63.1 Å². The largest absolute Gasteiger partial charge is 0.493 e. The quantitative estimate of drug-likeness (QED) is 0.479. The third-order valence-electron chi connectivity index (χ3n) is 7.13. The number of amides is 2. The number of carbonyl (C=O) groups is 1. The summed E-state index contributed by atoms with van der Waals surface area (Å²) in [6.45, 7) is 1.74. The summed E-state index contributed by atoms with van der Waals surface area (Å²) in [5.74, 6) is 2.13. The van der Waals surface area contributed by atoms with Crippen molar-refractivity contribution in [1.82, 2.24) is 10.0 Å². The Morgan fingerprint density at radius 2 is 1.57 bits per heavy atom. The SMILES string of the molecule is COc1cc(NC(=O)N(C2CCCC2)N2CCC(Cc3ccc(Cl)cc3)CC2)cc(OC)c1OC. The number of anilines is 1. The van der Waals surface area contributed by atoms with Crippen molar-refractivity contribution < 1.29 is 19.0 Å². The zero-order valence-corrected chi connectivity index (χ0v) is 21.6. The number of ether oxygens (including phenoxy) is 3. The number of benzene rings is 2. The van der Waals surface area contributed by atoms with Crippen LogP contribution in [0.4, 0.5) is 10.5 Å². The van der Waals surface area contributed by atoms with E-state index >= 15 is 0 Å². The second-order valence-corrected chi connectivity index (χ2v) is 9.79. The van der Waals surface area contributed by atoms with E-state index in [-0.39, 0.29) is 12.1 Å². The molecule has 2 aliphatic rings. The molecule has 7 nitrogen and oxygen atoms in total. The van der Waals surface area contributed by atoms with Crippen molar-refractivity contribution >= 4 is 23.3 Å². The molecule has 1 heterocycles. The number of methoxy groups -OCH3 is 3. The number of halogens is 1. The molecule has 2 fully saturated rings. The molecule has 2 aromatic carbocycles. The summed E-state index contributed by atoms with van der Waals surface area (Å²) in [6.07, 6.45) is 7.55. The fourth-order valence-corrected chi connectivity index (χ4v) is 5.43. The van der Waals surface area contributed by atoms with Gasteiger partial charge in [0, 0.05) is 30.2 Å². The zero-order valence-electron chi connectivity index (χ0n) is 20.9. The summed E-state index contributed by atoms with van der Waals surface area (Å²) in [7, 11) is 4.71. The average Bonchev–Trinajstić information content (AvgIpc) is 3.40. The normalized spacial score (nSPS) is 17.3.